The molecule has 1 saturated heterocycles. The molecule has 0 bridgehead atoms. The first-order valence-corrected chi connectivity index (χ1v) is 7.32. The molecular formula is C17H16N2O3. The molecule has 1 spiro atoms. The Bertz CT molecular complexity index is 709. The summed E-state index contributed by atoms with van der Waals surface area (Å²) >= 11 is 0. The Morgan fingerprint density at radius 1 is 1.09 bits per heavy atom. The maximum Gasteiger partial charge on any atom is 0.200 e. The summed E-state index contributed by atoms with van der Waals surface area (Å²) in [6.07, 6.45) is 1.64. The van der Waals surface area contributed by atoms with Crippen molar-refractivity contribution >= 4 is 5.84 Å². The van der Waals surface area contributed by atoms with Gasteiger partial charge in [0.15, 0.2) is 0 Å². The van der Waals surface area contributed by atoms with Crippen molar-refractivity contribution in [1.29, 1.82) is 5.41 Å². The van der Waals surface area contributed by atoms with Crippen LogP contribution < -0.4 is 10.1 Å². The number of hydrogen-bond donors (Lipinski definition) is 2. The minimum Gasteiger partial charge on any atom is -0.457 e. The third-order valence-electron chi connectivity index (χ3n) is 3.96. The number of nitrogens with one attached hydrogen (secondary N) is 2. The summed E-state index contributed by atoms with van der Waals surface area (Å²) in [6.45, 7) is 0.576. The molecule has 1 unspecified atom stereocenters. The zero-order valence-electron chi connectivity index (χ0n) is 12.0. The van der Waals surface area contributed by atoms with Gasteiger partial charge >= 0.3 is 0 Å². The van der Waals surface area contributed by atoms with Crippen molar-refractivity contribution in [3.63, 3.8) is 0 Å². The van der Waals surface area contributed by atoms with Gasteiger partial charge in [0.1, 0.15) is 17.3 Å². The molecule has 0 saturated carbocycles. The summed E-state index contributed by atoms with van der Waals surface area (Å²) in [5.74, 6) is 1.85. The minimum atomic E-state index is -0.763. The Morgan fingerprint density at radius 2 is 1.95 bits per heavy atom. The maximum absolute atomic E-state index is 8.10. The molecule has 5 nitrogen and oxygen atoms in total. The Hall–Kier alpha value is -2.37. The minimum absolute atomic E-state index is 0.353. The largest absolute Gasteiger partial charge is 0.457 e. The van der Waals surface area contributed by atoms with Gasteiger partial charge in [0.25, 0.3) is 0 Å². The van der Waals surface area contributed by atoms with Crippen LogP contribution in [0.4, 0.5) is 0 Å². The molecular weight excluding hydrogens is 280 g/mol. The van der Waals surface area contributed by atoms with Gasteiger partial charge in [0.05, 0.1) is 6.61 Å². The van der Waals surface area contributed by atoms with E-state index in [1.165, 1.54) is 0 Å². The van der Waals surface area contributed by atoms with Crippen LogP contribution in [-0.4, -0.2) is 12.4 Å². The third-order valence-corrected chi connectivity index (χ3v) is 3.96. The molecule has 2 aromatic carbocycles. The summed E-state index contributed by atoms with van der Waals surface area (Å²) in [5.41, 5.74) is 0.956. The molecule has 1 fully saturated rings. The van der Waals surface area contributed by atoms with Crippen LogP contribution in [-0.2, 0) is 15.5 Å². The molecule has 0 amide bonds. The number of amidine groups is 1. The highest BCUT2D eigenvalue weighted by Gasteiger charge is 2.45. The van der Waals surface area contributed by atoms with Gasteiger partial charge in [-0.25, -0.2) is 9.78 Å². The molecule has 5 heteroatoms. The molecule has 1 atom stereocenters. The molecule has 4 rings (SSSR count). The van der Waals surface area contributed by atoms with Crippen molar-refractivity contribution in [2.45, 2.75) is 18.6 Å². The Labute approximate surface area is 128 Å². The molecule has 112 valence electrons. The topological polar surface area (TPSA) is 63.6 Å². The number of benzene rings is 2. The highest BCUT2D eigenvalue weighted by atomic mass is 17.2. The third kappa shape index (κ3) is 2.15. The van der Waals surface area contributed by atoms with E-state index in [0.29, 0.717) is 12.4 Å². The van der Waals surface area contributed by atoms with Gasteiger partial charge in [-0.1, -0.05) is 18.2 Å². The van der Waals surface area contributed by atoms with Gasteiger partial charge in [-0.05, 0) is 36.8 Å². The Balaban J connectivity index is 1.70. The number of rotatable bonds is 2. The highest BCUT2D eigenvalue weighted by Crippen LogP contribution is 2.40. The fraction of sp³-hybridized carbons (Fsp3) is 0.235. The van der Waals surface area contributed by atoms with E-state index in [1.807, 2.05) is 48.5 Å². The predicted molar refractivity (Wildman–Crippen MR) is 80.9 cm³/mol. The van der Waals surface area contributed by atoms with Crippen LogP contribution in [0.2, 0.25) is 0 Å². The van der Waals surface area contributed by atoms with Gasteiger partial charge in [-0.15, -0.1) is 0 Å². The second-order valence-electron chi connectivity index (χ2n) is 5.46. The summed E-state index contributed by atoms with van der Waals surface area (Å²) in [5, 5.41) is 11.2. The fourth-order valence-electron chi connectivity index (χ4n) is 2.93. The molecule has 2 aliphatic heterocycles. The normalized spacial score (nSPS) is 23.2. The lowest BCUT2D eigenvalue weighted by Gasteiger charge is -2.32. The zero-order valence-corrected chi connectivity index (χ0v) is 12.0. The van der Waals surface area contributed by atoms with E-state index in [0.717, 1.165) is 35.5 Å². The number of para-hydroxylation sites is 1. The van der Waals surface area contributed by atoms with Crippen LogP contribution in [0.5, 0.6) is 11.5 Å². The van der Waals surface area contributed by atoms with Crippen molar-refractivity contribution in [3.8, 4) is 11.5 Å². The van der Waals surface area contributed by atoms with Crippen LogP contribution in [0.15, 0.2) is 48.5 Å². The van der Waals surface area contributed by atoms with Gasteiger partial charge in [-0.3, -0.25) is 5.41 Å². The molecule has 0 radical (unpaired) electrons. The van der Waals surface area contributed by atoms with E-state index in [9.17, 15) is 0 Å². The van der Waals surface area contributed by atoms with Crippen molar-refractivity contribution in [2.75, 3.05) is 6.61 Å². The number of fused-ring (bicyclic) bond motifs is 2. The standard InChI is InChI=1S/C17H16N2O3/c18-16-14-8-7-13(21-12-5-2-1-3-6-12)11-15(14)17(19-16)9-4-10-20-22-17/h1-3,5-8,11H,4,9-10H2,(H2,18,19). The van der Waals surface area contributed by atoms with Crippen molar-refractivity contribution in [2.24, 2.45) is 0 Å². The van der Waals surface area contributed by atoms with E-state index in [2.05, 4.69) is 5.32 Å². The van der Waals surface area contributed by atoms with Gasteiger partial charge in [0.2, 0.25) is 5.72 Å². The smallest absolute Gasteiger partial charge is 0.200 e. The second kappa shape index (κ2) is 5.12. The lowest BCUT2D eigenvalue weighted by atomic mass is 9.96. The quantitative estimate of drug-likeness (QED) is 0.835. The zero-order chi connectivity index (χ0) is 15.0. The lowest BCUT2D eigenvalue weighted by Crippen LogP contribution is -2.44. The van der Waals surface area contributed by atoms with Crippen molar-refractivity contribution < 1.29 is 14.5 Å². The van der Waals surface area contributed by atoms with E-state index in [-0.39, 0.29) is 0 Å². The average molecular weight is 296 g/mol. The van der Waals surface area contributed by atoms with E-state index in [4.69, 9.17) is 19.9 Å². The number of ether oxygens (including phenoxy) is 1. The summed E-state index contributed by atoms with van der Waals surface area (Å²) in [4.78, 5) is 10.7. The molecule has 2 aliphatic rings. The summed E-state index contributed by atoms with van der Waals surface area (Å²) in [6, 6.07) is 15.3. The molecule has 2 heterocycles. The van der Waals surface area contributed by atoms with Crippen LogP contribution >= 0.6 is 0 Å². The lowest BCUT2D eigenvalue weighted by molar-refractivity contribution is -0.393. The van der Waals surface area contributed by atoms with E-state index in [1.54, 1.807) is 0 Å². The van der Waals surface area contributed by atoms with E-state index < -0.39 is 5.72 Å². The second-order valence-corrected chi connectivity index (χ2v) is 5.46. The Morgan fingerprint density at radius 3 is 2.73 bits per heavy atom. The SMILES string of the molecule is N=C1NC2(CCCOO2)c2cc(Oc3ccccc3)ccc21. The monoisotopic (exact) mass is 296 g/mol. The molecule has 22 heavy (non-hydrogen) atoms. The molecule has 2 N–H and O–H groups in total. The first-order valence-electron chi connectivity index (χ1n) is 7.32. The summed E-state index contributed by atoms with van der Waals surface area (Å²) < 4.78 is 5.88. The predicted octanol–water partition coefficient (Wildman–Crippen LogP) is 3.30. The molecule has 2 aromatic rings. The van der Waals surface area contributed by atoms with Crippen LogP contribution in [0, 0.1) is 5.41 Å². The number of hydrogen-bond acceptors (Lipinski definition) is 4. The van der Waals surface area contributed by atoms with Crippen LogP contribution in [0.1, 0.15) is 24.0 Å². The van der Waals surface area contributed by atoms with Crippen molar-refractivity contribution in [1.82, 2.24) is 5.32 Å². The molecule has 0 aliphatic carbocycles. The van der Waals surface area contributed by atoms with Gasteiger partial charge < -0.3 is 10.1 Å². The maximum atomic E-state index is 8.10. The van der Waals surface area contributed by atoms with Gasteiger partial charge in [-0.2, -0.15) is 0 Å². The first-order chi connectivity index (χ1) is 10.8. The van der Waals surface area contributed by atoms with Crippen LogP contribution in [0.25, 0.3) is 0 Å². The fourth-order valence-corrected chi connectivity index (χ4v) is 2.93. The summed E-state index contributed by atoms with van der Waals surface area (Å²) in [7, 11) is 0. The molecule has 0 aromatic heterocycles. The average Bonchev–Trinajstić information content (AvgIpc) is 2.81. The highest BCUT2D eigenvalue weighted by molar-refractivity contribution is 6.01. The first kappa shape index (κ1) is 13.3. The van der Waals surface area contributed by atoms with Crippen molar-refractivity contribution in [3.05, 3.63) is 59.7 Å². The van der Waals surface area contributed by atoms with Gasteiger partial charge in [0, 0.05) is 17.5 Å². The van der Waals surface area contributed by atoms with Crippen LogP contribution in [0.3, 0.4) is 0 Å². The Kier molecular flexibility index (Phi) is 3.10. The van der Waals surface area contributed by atoms with E-state index >= 15 is 0 Å².